The van der Waals surface area contributed by atoms with Gasteiger partial charge in [-0.1, -0.05) is 11.6 Å². The zero-order valence-corrected chi connectivity index (χ0v) is 11.4. The molecule has 0 radical (unpaired) electrons. The number of nitrogens with zero attached hydrogens (tertiary/aromatic N) is 1. The van der Waals surface area contributed by atoms with E-state index in [4.69, 9.17) is 17.3 Å². The average Bonchev–Trinajstić information content (AvgIpc) is 2.66. The summed E-state index contributed by atoms with van der Waals surface area (Å²) in [5.41, 5.74) is 8.38. The first-order chi connectivity index (χ1) is 8.66. The minimum Gasteiger partial charge on any atom is -0.369 e. The summed E-state index contributed by atoms with van der Waals surface area (Å²) >= 11 is 8.26. The maximum Gasteiger partial charge on any atom is 0.245 e. The summed E-state index contributed by atoms with van der Waals surface area (Å²) in [5, 5.41) is 3.47. The number of carbonyl (C=O) groups is 1. The number of hydrogen-bond acceptors (Lipinski definition) is 4. The Labute approximate surface area is 115 Å². The largest absolute Gasteiger partial charge is 0.369 e. The van der Waals surface area contributed by atoms with Crippen LogP contribution in [0.1, 0.15) is 11.6 Å². The van der Waals surface area contributed by atoms with Gasteiger partial charge in [0, 0.05) is 35.8 Å². The number of carbonyl (C=O) groups excluding carboxylic acids is 1. The molecule has 2 aliphatic heterocycles. The second kappa shape index (κ2) is 4.64. The predicted octanol–water partition coefficient (Wildman–Crippen LogP) is 1.85. The van der Waals surface area contributed by atoms with E-state index in [2.05, 4.69) is 10.2 Å². The molecule has 3 N–H and O–H groups in total. The Balaban J connectivity index is 1.97. The van der Waals surface area contributed by atoms with E-state index in [9.17, 15) is 4.79 Å². The summed E-state index contributed by atoms with van der Waals surface area (Å²) in [6, 6.07) is 3.16. The van der Waals surface area contributed by atoms with E-state index < -0.39 is 6.04 Å². The molecule has 0 saturated carbocycles. The Morgan fingerprint density at radius 1 is 1.39 bits per heavy atom. The highest BCUT2D eigenvalue weighted by atomic mass is 35.5. The van der Waals surface area contributed by atoms with Crippen molar-refractivity contribution >= 4 is 40.6 Å². The van der Waals surface area contributed by atoms with Crippen LogP contribution in [0.2, 0.25) is 5.02 Å². The van der Waals surface area contributed by atoms with Gasteiger partial charge in [-0.3, -0.25) is 4.79 Å². The number of nitrogens with two attached hydrogens (primary N) is 1. The highest BCUT2D eigenvalue weighted by Gasteiger charge is 2.29. The van der Waals surface area contributed by atoms with Crippen molar-refractivity contribution < 1.29 is 4.79 Å². The first-order valence-electron chi connectivity index (χ1n) is 5.89. The van der Waals surface area contributed by atoms with E-state index in [1.54, 1.807) is 0 Å². The first-order valence-corrected chi connectivity index (χ1v) is 7.42. The number of hydrogen-bond donors (Lipinski definition) is 2. The van der Waals surface area contributed by atoms with Crippen molar-refractivity contribution in [2.45, 2.75) is 6.04 Å². The smallest absolute Gasteiger partial charge is 0.245 e. The molecule has 6 heteroatoms. The Hall–Kier alpha value is -0.910. The van der Waals surface area contributed by atoms with Crippen molar-refractivity contribution in [2.75, 3.05) is 34.8 Å². The van der Waals surface area contributed by atoms with Crippen LogP contribution in [-0.4, -0.2) is 30.5 Å². The van der Waals surface area contributed by atoms with Crippen LogP contribution in [0, 0.1) is 0 Å². The van der Waals surface area contributed by atoms with Crippen molar-refractivity contribution in [3.8, 4) is 0 Å². The molecule has 0 spiro atoms. The van der Waals surface area contributed by atoms with E-state index in [-0.39, 0.29) is 5.91 Å². The fraction of sp³-hybridized carbons (Fsp3) is 0.417. The van der Waals surface area contributed by atoms with Gasteiger partial charge in [0.05, 0.1) is 10.7 Å². The van der Waals surface area contributed by atoms with Crippen LogP contribution in [0.3, 0.4) is 0 Å². The summed E-state index contributed by atoms with van der Waals surface area (Å²) in [7, 11) is 0. The van der Waals surface area contributed by atoms with Gasteiger partial charge in [-0.2, -0.15) is 11.8 Å². The van der Waals surface area contributed by atoms with E-state index >= 15 is 0 Å². The van der Waals surface area contributed by atoms with Crippen molar-refractivity contribution in [1.82, 2.24) is 0 Å². The number of halogens is 1. The van der Waals surface area contributed by atoms with Gasteiger partial charge in [-0.05, 0) is 12.1 Å². The highest BCUT2D eigenvalue weighted by Crippen LogP contribution is 2.38. The molecule has 0 bridgehead atoms. The van der Waals surface area contributed by atoms with Crippen LogP contribution < -0.4 is 16.0 Å². The summed E-state index contributed by atoms with van der Waals surface area (Å²) in [6.45, 7) is 1.98. The maximum atomic E-state index is 11.5. The lowest BCUT2D eigenvalue weighted by Gasteiger charge is -2.29. The van der Waals surface area contributed by atoms with Crippen LogP contribution in [-0.2, 0) is 4.79 Å². The molecular weight excluding hydrogens is 270 g/mol. The number of amides is 1. The lowest BCUT2D eigenvalue weighted by Crippen LogP contribution is -2.32. The van der Waals surface area contributed by atoms with E-state index in [0.29, 0.717) is 5.02 Å². The van der Waals surface area contributed by atoms with Crippen molar-refractivity contribution in [3.05, 3.63) is 22.7 Å². The van der Waals surface area contributed by atoms with Crippen molar-refractivity contribution in [2.24, 2.45) is 5.73 Å². The maximum absolute atomic E-state index is 11.5. The molecule has 1 saturated heterocycles. The summed E-state index contributed by atoms with van der Waals surface area (Å²) in [6.07, 6.45) is 0. The van der Waals surface area contributed by atoms with Crippen LogP contribution in [0.25, 0.3) is 0 Å². The molecular formula is C12H14ClN3OS. The molecule has 1 aromatic rings. The monoisotopic (exact) mass is 283 g/mol. The fourth-order valence-electron chi connectivity index (χ4n) is 2.34. The molecule has 0 aliphatic carbocycles. The zero-order chi connectivity index (χ0) is 12.7. The minimum atomic E-state index is -0.594. The molecule has 0 aromatic heterocycles. The molecule has 1 fully saturated rings. The Kier molecular flexibility index (Phi) is 3.13. The van der Waals surface area contributed by atoms with Gasteiger partial charge in [0.2, 0.25) is 5.91 Å². The SMILES string of the molecule is NC1C(=O)Nc2cc(N3CCSCC3)c(Cl)cc21. The van der Waals surface area contributed by atoms with Crippen molar-refractivity contribution in [1.29, 1.82) is 0 Å². The lowest BCUT2D eigenvalue weighted by molar-refractivity contribution is -0.116. The van der Waals surface area contributed by atoms with E-state index in [1.165, 1.54) is 0 Å². The van der Waals surface area contributed by atoms with E-state index in [0.717, 1.165) is 41.5 Å². The second-order valence-corrected chi connectivity index (χ2v) is 6.09. The van der Waals surface area contributed by atoms with Gasteiger partial charge in [0.1, 0.15) is 6.04 Å². The van der Waals surface area contributed by atoms with E-state index in [1.807, 2.05) is 23.9 Å². The second-order valence-electron chi connectivity index (χ2n) is 4.46. The van der Waals surface area contributed by atoms with Crippen molar-refractivity contribution in [3.63, 3.8) is 0 Å². The van der Waals surface area contributed by atoms with Gasteiger partial charge in [-0.25, -0.2) is 0 Å². The third-order valence-corrected chi connectivity index (χ3v) is 4.59. The number of anilines is 2. The third kappa shape index (κ3) is 1.96. The summed E-state index contributed by atoms with van der Waals surface area (Å²) in [5.74, 6) is 2.06. The topological polar surface area (TPSA) is 58.4 Å². The molecule has 3 rings (SSSR count). The van der Waals surface area contributed by atoms with Crippen LogP contribution in [0.15, 0.2) is 12.1 Å². The number of benzene rings is 1. The Morgan fingerprint density at radius 2 is 2.11 bits per heavy atom. The zero-order valence-electron chi connectivity index (χ0n) is 9.78. The molecule has 1 unspecified atom stereocenters. The lowest BCUT2D eigenvalue weighted by atomic mass is 10.1. The molecule has 2 heterocycles. The van der Waals surface area contributed by atoms with Crippen LogP contribution in [0.4, 0.5) is 11.4 Å². The number of fused-ring (bicyclic) bond motifs is 1. The average molecular weight is 284 g/mol. The first kappa shape index (κ1) is 12.1. The highest BCUT2D eigenvalue weighted by molar-refractivity contribution is 7.99. The number of thioether (sulfide) groups is 1. The minimum absolute atomic E-state index is 0.160. The fourth-order valence-corrected chi connectivity index (χ4v) is 3.54. The molecule has 1 aromatic carbocycles. The standard InChI is InChI=1S/C12H14ClN3OS/c13-8-5-7-9(15-12(17)11(7)14)6-10(8)16-1-3-18-4-2-16/h5-6,11H,1-4,14H2,(H,15,17). The molecule has 1 atom stereocenters. The Morgan fingerprint density at radius 3 is 2.83 bits per heavy atom. The van der Waals surface area contributed by atoms with Crippen LogP contribution >= 0.6 is 23.4 Å². The molecule has 18 heavy (non-hydrogen) atoms. The predicted molar refractivity (Wildman–Crippen MR) is 76.5 cm³/mol. The third-order valence-electron chi connectivity index (χ3n) is 3.35. The number of rotatable bonds is 1. The van der Waals surface area contributed by atoms with Gasteiger partial charge in [0.25, 0.3) is 0 Å². The van der Waals surface area contributed by atoms with Gasteiger partial charge in [-0.15, -0.1) is 0 Å². The van der Waals surface area contributed by atoms with Gasteiger partial charge >= 0.3 is 0 Å². The normalized spacial score (nSPS) is 22.9. The number of nitrogens with one attached hydrogen (secondary N) is 1. The molecule has 2 aliphatic rings. The Bertz CT molecular complexity index is 502. The molecule has 4 nitrogen and oxygen atoms in total. The van der Waals surface area contributed by atoms with Crippen LogP contribution in [0.5, 0.6) is 0 Å². The molecule has 96 valence electrons. The summed E-state index contributed by atoms with van der Waals surface area (Å²) in [4.78, 5) is 13.8. The molecule has 1 amide bonds. The van der Waals surface area contributed by atoms with Gasteiger partial charge in [0.15, 0.2) is 0 Å². The quantitative estimate of drug-likeness (QED) is 0.826. The van der Waals surface area contributed by atoms with Gasteiger partial charge < -0.3 is 16.0 Å². The summed E-state index contributed by atoms with van der Waals surface area (Å²) < 4.78 is 0.